The quantitative estimate of drug-likeness (QED) is 0.136. The van der Waals surface area contributed by atoms with E-state index in [1.54, 1.807) is 31.7 Å². The van der Waals surface area contributed by atoms with E-state index in [-0.39, 0.29) is 58.9 Å². The van der Waals surface area contributed by atoms with Gasteiger partial charge in [0, 0.05) is 66.8 Å². The van der Waals surface area contributed by atoms with Crippen molar-refractivity contribution in [3.05, 3.63) is 55.3 Å². The fraction of sp³-hybridized carbons (Fsp3) is 0.575. The summed E-state index contributed by atoms with van der Waals surface area (Å²) >= 11 is 11.0. The molecule has 0 saturated carbocycles. The lowest BCUT2D eigenvalue weighted by Gasteiger charge is -2.45. The molecule has 0 bridgehead atoms. The molecule has 0 N–H and O–H groups in total. The monoisotopic (exact) mass is 870 g/mol. The van der Waals surface area contributed by atoms with Crippen molar-refractivity contribution in [2.75, 3.05) is 23.7 Å². The van der Waals surface area contributed by atoms with Crippen LogP contribution in [0.5, 0.6) is 0 Å². The Morgan fingerprint density at radius 1 is 0.982 bits per heavy atom. The fourth-order valence-corrected chi connectivity index (χ4v) is 22.6. The first kappa shape index (κ1) is 43.0. The number of hydrogen-bond acceptors (Lipinski definition) is 8. The standard InChI is InChI=1S/C40H51ClF4N4O3S3Si/c1-20(2)56(21(3)4,22(5)6)36-29(41)14-31(55-36)32-28(40(43,44)45)13-27-33-34(32)54-18-25(30-12-26(42)19-53-30)17-48(33)37(50)46-35(27)47-15-23(7)49(24(8)16-47)38(51)52-39(9,10)11/h12-14,19-25H,15-18H2,1-11H3/t23-,24+,25-/m0/s1. The number of anilines is 1. The Morgan fingerprint density at radius 2 is 1.59 bits per heavy atom. The SMILES string of the molecule is CC(C)[Si](c1sc(-c2c(C(F)(F)F)cc3c(N4C[C@@H](C)N(C(=O)OC(C)(C)C)[C@@H](C)C4)nc(=O)n4c3c2SC[C@@H](c2cc(F)cs2)C4)cc1Cl)(C(C)C)C(C)C. The Hall–Kier alpha value is -2.59. The molecule has 6 rings (SSSR count). The first-order valence-corrected chi connectivity index (χ1v) is 24.4. The number of carbonyl (C=O) groups is 1. The molecule has 2 aliphatic heterocycles. The number of benzene rings is 1. The van der Waals surface area contributed by atoms with Gasteiger partial charge in [0.15, 0.2) is 0 Å². The van der Waals surface area contributed by atoms with Gasteiger partial charge >= 0.3 is 18.0 Å². The summed E-state index contributed by atoms with van der Waals surface area (Å²) in [6, 6.07) is 3.47. The third-order valence-corrected chi connectivity index (χ3v) is 23.4. The largest absolute Gasteiger partial charge is 0.444 e. The first-order valence-electron chi connectivity index (χ1n) is 19.1. The molecule has 0 spiro atoms. The number of thioether (sulfide) groups is 1. The second-order valence-electron chi connectivity index (χ2n) is 17.2. The Kier molecular flexibility index (Phi) is 11.9. The third kappa shape index (κ3) is 7.68. The number of hydrogen-bond donors (Lipinski definition) is 0. The lowest BCUT2D eigenvalue weighted by Crippen LogP contribution is -2.59. The van der Waals surface area contributed by atoms with Crippen molar-refractivity contribution in [1.29, 1.82) is 0 Å². The predicted molar refractivity (Wildman–Crippen MR) is 227 cm³/mol. The number of amides is 1. The highest BCUT2D eigenvalue weighted by molar-refractivity contribution is 7.99. The van der Waals surface area contributed by atoms with Gasteiger partial charge in [-0.15, -0.1) is 34.4 Å². The minimum Gasteiger partial charge on any atom is -0.444 e. The Balaban J connectivity index is 1.62. The predicted octanol–water partition coefficient (Wildman–Crippen LogP) is 11.6. The average Bonchev–Trinajstić information content (AvgIpc) is 3.59. The molecule has 2 aliphatic rings. The van der Waals surface area contributed by atoms with Crippen LogP contribution in [0, 0.1) is 5.82 Å². The minimum atomic E-state index is -4.78. The number of ether oxygens (including phenoxy) is 1. The molecule has 1 amide bonds. The number of alkyl halides is 3. The van der Waals surface area contributed by atoms with Crippen LogP contribution in [0.3, 0.4) is 0 Å². The van der Waals surface area contributed by atoms with E-state index in [1.807, 2.05) is 18.7 Å². The Labute approximate surface area is 344 Å². The summed E-state index contributed by atoms with van der Waals surface area (Å²) < 4.78 is 69.6. The summed E-state index contributed by atoms with van der Waals surface area (Å²) in [5, 5.41) is 2.08. The summed E-state index contributed by atoms with van der Waals surface area (Å²) in [7, 11) is -2.39. The summed E-state index contributed by atoms with van der Waals surface area (Å²) in [6.07, 6.45) is -5.26. The normalized spacial score (nSPS) is 19.8. The molecule has 306 valence electrons. The van der Waals surface area contributed by atoms with Gasteiger partial charge in [0.1, 0.15) is 25.3 Å². The maximum Gasteiger partial charge on any atom is 0.417 e. The molecule has 56 heavy (non-hydrogen) atoms. The van der Waals surface area contributed by atoms with Crippen molar-refractivity contribution in [2.24, 2.45) is 0 Å². The highest BCUT2D eigenvalue weighted by atomic mass is 35.5. The number of rotatable bonds is 7. The van der Waals surface area contributed by atoms with Crippen molar-refractivity contribution < 1.29 is 27.1 Å². The molecule has 1 aromatic carbocycles. The highest BCUT2D eigenvalue weighted by Crippen LogP contribution is 2.52. The lowest BCUT2D eigenvalue weighted by atomic mass is 10.00. The van der Waals surface area contributed by atoms with Crippen LogP contribution in [-0.2, 0) is 17.5 Å². The van der Waals surface area contributed by atoms with Crippen molar-refractivity contribution in [3.63, 3.8) is 0 Å². The van der Waals surface area contributed by atoms with E-state index in [1.165, 1.54) is 50.4 Å². The van der Waals surface area contributed by atoms with Gasteiger partial charge in [-0.1, -0.05) is 53.1 Å². The summed E-state index contributed by atoms with van der Waals surface area (Å²) in [5.41, 5.74) is -0.961. The van der Waals surface area contributed by atoms with Gasteiger partial charge in [-0.2, -0.15) is 18.2 Å². The van der Waals surface area contributed by atoms with Crippen LogP contribution in [0.4, 0.5) is 28.2 Å². The second kappa shape index (κ2) is 15.5. The molecule has 1 fully saturated rings. The Morgan fingerprint density at radius 3 is 2.11 bits per heavy atom. The number of nitrogens with zero attached hydrogens (tertiary/aromatic N) is 4. The topological polar surface area (TPSA) is 67.7 Å². The average molecular weight is 872 g/mol. The molecule has 1 saturated heterocycles. The van der Waals surface area contributed by atoms with Gasteiger partial charge in [-0.05, 0) is 69.4 Å². The van der Waals surface area contributed by atoms with Gasteiger partial charge < -0.3 is 9.64 Å². The number of aromatic nitrogens is 2. The Bertz CT molecular complexity index is 2160. The summed E-state index contributed by atoms with van der Waals surface area (Å²) in [4.78, 5) is 37.0. The van der Waals surface area contributed by atoms with Crippen LogP contribution in [0.2, 0.25) is 21.6 Å². The number of carbonyl (C=O) groups excluding carboxylic acids is 1. The van der Waals surface area contributed by atoms with E-state index in [0.29, 0.717) is 30.9 Å². The van der Waals surface area contributed by atoms with E-state index < -0.39 is 55.1 Å². The maximum absolute atomic E-state index is 15.7. The lowest BCUT2D eigenvalue weighted by molar-refractivity contribution is -0.137. The van der Waals surface area contributed by atoms with E-state index in [4.69, 9.17) is 16.3 Å². The minimum absolute atomic E-state index is 0.00658. The van der Waals surface area contributed by atoms with Gasteiger partial charge in [0.25, 0.3) is 0 Å². The van der Waals surface area contributed by atoms with E-state index in [2.05, 4.69) is 46.5 Å². The molecule has 7 nitrogen and oxygen atoms in total. The smallest absolute Gasteiger partial charge is 0.417 e. The second-order valence-corrected chi connectivity index (χ2v) is 26.8. The van der Waals surface area contributed by atoms with Crippen molar-refractivity contribution in [1.82, 2.24) is 14.5 Å². The zero-order valence-corrected chi connectivity index (χ0v) is 37.9. The molecule has 0 aliphatic carbocycles. The molecule has 4 aromatic rings. The van der Waals surface area contributed by atoms with E-state index in [9.17, 15) is 14.0 Å². The van der Waals surface area contributed by atoms with Crippen LogP contribution in [0.25, 0.3) is 21.3 Å². The van der Waals surface area contributed by atoms with Gasteiger partial charge in [0.05, 0.1) is 28.2 Å². The fourth-order valence-electron chi connectivity index (χ4n) is 9.33. The van der Waals surface area contributed by atoms with Crippen molar-refractivity contribution in [2.45, 2.75) is 134 Å². The maximum atomic E-state index is 15.7. The van der Waals surface area contributed by atoms with Crippen LogP contribution in [0.15, 0.2) is 33.3 Å². The van der Waals surface area contributed by atoms with Crippen LogP contribution < -0.4 is 15.1 Å². The van der Waals surface area contributed by atoms with E-state index >= 15 is 13.2 Å². The summed E-state index contributed by atoms with van der Waals surface area (Å²) in [6.45, 7) is 22.8. The molecular weight excluding hydrogens is 820 g/mol. The third-order valence-electron chi connectivity index (χ3n) is 11.3. The molecule has 0 unspecified atom stereocenters. The van der Waals surface area contributed by atoms with Crippen molar-refractivity contribution >= 4 is 81.4 Å². The van der Waals surface area contributed by atoms with Gasteiger partial charge in [0.2, 0.25) is 0 Å². The first-order chi connectivity index (χ1) is 26.0. The molecular formula is C40H51ClF4N4O3S3Si. The van der Waals surface area contributed by atoms with Gasteiger partial charge in [-0.3, -0.25) is 9.47 Å². The highest BCUT2D eigenvalue weighted by Gasteiger charge is 2.48. The van der Waals surface area contributed by atoms with Gasteiger partial charge in [-0.25, -0.2) is 14.0 Å². The van der Waals surface area contributed by atoms with Crippen LogP contribution in [-0.4, -0.2) is 65.1 Å². The molecule has 16 heteroatoms. The zero-order chi connectivity index (χ0) is 41.4. The number of piperazine rings is 1. The molecule has 0 radical (unpaired) electrons. The molecule has 3 atom stereocenters. The van der Waals surface area contributed by atoms with Crippen LogP contribution in [0.1, 0.15) is 92.5 Å². The zero-order valence-electron chi connectivity index (χ0n) is 33.7. The van der Waals surface area contributed by atoms with Crippen molar-refractivity contribution in [3.8, 4) is 10.4 Å². The van der Waals surface area contributed by atoms with Crippen LogP contribution >= 0.6 is 46.0 Å². The molecule has 3 aromatic heterocycles. The summed E-state index contributed by atoms with van der Waals surface area (Å²) in [5.74, 6) is -0.304. The van der Waals surface area contributed by atoms with E-state index in [0.717, 1.165) is 10.6 Å². The number of halogens is 5. The molecule has 5 heterocycles. The number of thiophene rings is 2.